The smallest absolute Gasteiger partial charge is 0.328 e. The van der Waals surface area contributed by atoms with Crippen molar-refractivity contribution in [2.75, 3.05) is 19.6 Å². The molecule has 2 atom stereocenters. The van der Waals surface area contributed by atoms with E-state index in [2.05, 4.69) is 32.8 Å². The summed E-state index contributed by atoms with van der Waals surface area (Å²) in [5, 5.41) is 14.5. The first-order valence-corrected chi connectivity index (χ1v) is 12.2. The lowest BCUT2D eigenvalue weighted by molar-refractivity contribution is -0.133. The minimum Gasteiger partial charge on any atom is -0.508 e. The monoisotopic (exact) mass is 522 g/mol. The van der Waals surface area contributed by atoms with Gasteiger partial charge in [0.15, 0.2) is 0 Å². The Hall–Kier alpha value is -3.10. The number of halogens is 1. The van der Waals surface area contributed by atoms with Gasteiger partial charge in [-0.3, -0.25) is 14.6 Å². The molecule has 0 saturated carbocycles. The van der Waals surface area contributed by atoms with Crippen LogP contribution in [-0.4, -0.2) is 57.0 Å². The van der Waals surface area contributed by atoms with Crippen LogP contribution in [0.1, 0.15) is 36.2 Å². The van der Waals surface area contributed by atoms with E-state index in [-0.39, 0.29) is 17.7 Å². The van der Waals surface area contributed by atoms with Gasteiger partial charge in [-0.25, -0.2) is 4.79 Å². The number of benzene rings is 2. The molecule has 7 nitrogen and oxygen atoms in total. The van der Waals surface area contributed by atoms with Crippen molar-refractivity contribution >= 4 is 38.8 Å². The van der Waals surface area contributed by atoms with Crippen LogP contribution in [-0.2, 0) is 11.2 Å². The zero-order valence-corrected chi connectivity index (χ0v) is 20.6. The number of carbonyl (C=O) groups excluding carboxylic acids is 2. The Balaban J connectivity index is 1.60. The molecule has 1 fully saturated rings. The summed E-state index contributed by atoms with van der Waals surface area (Å²) < 4.78 is 0.948. The molecular formula is C26H27BrN4O3. The highest BCUT2D eigenvalue weighted by Crippen LogP contribution is 2.49. The highest BCUT2D eigenvalue weighted by Gasteiger charge is 2.60. The first-order chi connectivity index (χ1) is 16.3. The standard InChI is InChI=1S/C26H27BrN4O3/c1-3-4-10-28-11-12-30-24(33)26(2)15-20-19-14-17(27)8-9-21(19)29-22(20)23(31(26)25(30)34)16-6-5-7-18(32)13-16/h3,5-9,13-14,23,28-29,32H,1,4,10-12,15H2,2H3/t23-,26+/m1/s1. The SMILES string of the molecule is C=CCCNCCN1C(=O)N2[C@H](c3cccc(O)c3)c3[nH]c4ccc(Br)cc4c3C[C@@]2(C)C1=O. The van der Waals surface area contributed by atoms with Crippen LogP contribution >= 0.6 is 15.9 Å². The van der Waals surface area contributed by atoms with Crippen molar-refractivity contribution in [2.24, 2.45) is 0 Å². The summed E-state index contributed by atoms with van der Waals surface area (Å²) in [5.74, 6) is -0.0744. The molecule has 3 N–H and O–H groups in total. The van der Waals surface area contributed by atoms with Crippen LogP contribution in [0.2, 0.25) is 0 Å². The van der Waals surface area contributed by atoms with E-state index < -0.39 is 11.6 Å². The highest BCUT2D eigenvalue weighted by atomic mass is 79.9. The molecule has 2 aliphatic rings. The molecule has 176 valence electrons. The highest BCUT2D eigenvalue weighted by molar-refractivity contribution is 9.10. The van der Waals surface area contributed by atoms with Gasteiger partial charge in [-0.2, -0.15) is 0 Å². The third-order valence-electron chi connectivity index (χ3n) is 6.85. The predicted molar refractivity (Wildman–Crippen MR) is 135 cm³/mol. The largest absolute Gasteiger partial charge is 0.508 e. The van der Waals surface area contributed by atoms with Crippen molar-refractivity contribution in [3.05, 3.63) is 76.4 Å². The van der Waals surface area contributed by atoms with Gasteiger partial charge in [-0.15, -0.1) is 6.58 Å². The molecule has 1 saturated heterocycles. The molecule has 3 heterocycles. The van der Waals surface area contributed by atoms with E-state index in [4.69, 9.17) is 0 Å². The van der Waals surface area contributed by atoms with E-state index in [9.17, 15) is 14.7 Å². The number of amides is 3. The topological polar surface area (TPSA) is 88.7 Å². The summed E-state index contributed by atoms with van der Waals surface area (Å²) >= 11 is 3.56. The lowest BCUT2D eigenvalue weighted by Crippen LogP contribution is -2.53. The third-order valence-corrected chi connectivity index (χ3v) is 7.35. The fourth-order valence-electron chi connectivity index (χ4n) is 5.24. The number of nitrogens with zero attached hydrogens (tertiary/aromatic N) is 2. The molecule has 3 aromatic rings. The van der Waals surface area contributed by atoms with E-state index in [1.54, 1.807) is 23.1 Å². The number of aromatic hydroxyl groups is 1. The maximum Gasteiger partial charge on any atom is 0.328 e. The molecule has 2 aromatic carbocycles. The summed E-state index contributed by atoms with van der Waals surface area (Å²) in [6, 6.07) is 12.1. The fourth-order valence-corrected chi connectivity index (χ4v) is 5.60. The first-order valence-electron chi connectivity index (χ1n) is 11.4. The maximum absolute atomic E-state index is 13.7. The van der Waals surface area contributed by atoms with Crippen LogP contribution in [0.15, 0.2) is 59.6 Å². The quantitative estimate of drug-likeness (QED) is 0.242. The van der Waals surface area contributed by atoms with Gasteiger partial charge >= 0.3 is 6.03 Å². The first kappa shape index (κ1) is 22.7. The van der Waals surface area contributed by atoms with Crippen LogP contribution in [0.25, 0.3) is 10.9 Å². The molecule has 0 unspecified atom stereocenters. The van der Waals surface area contributed by atoms with Crippen LogP contribution in [0.5, 0.6) is 5.75 Å². The van der Waals surface area contributed by atoms with E-state index in [0.29, 0.717) is 19.5 Å². The zero-order chi connectivity index (χ0) is 24.0. The van der Waals surface area contributed by atoms with E-state index in [1.165, 1.54) is 4.90 Å². The number of H-pyrrole nitrogens is 1. The molecule has 3 amide bonds. The fraction of sp³-hybridized carbons (Fsp3) is 0.308. The Morgan fingerprint density at radius 2 is 2.09 bits per heavy atom. The normalized spacial score (nSPS) is 21.8. The number of carbonyl (C=O) groups is 2. The number of nitrogens with one attached hydrogen (secondary N) is 2. The van der Waals surface area contributed by atoms with Gasteiger partial charge < -0.3 is 15.4 Å². The van der Waals surface area contributed by atoms with Crippen molar-refractivity contribution in [1.29, 1.82) is 0 Å². The predicted octanol–water partition coefficient (Wildman–Crippen LogP) is 4.47. The Bertz CT molecular complexity index is 1300. The second-order valence-electron chi connectivity index (χ2n) is 9.09. The average molecular weight is 523 g/mol. The van der Waals surface area contributed by atoms with Gasteiger partial charge in [-0.1, -0.05) is 34.1 Å². The molecule has 34 heavy (non-hydrogen) atoms. The summed E-state index contributed by atoms with van der Waals surface area (Å²) in [5.41, 5.74) is 2.58. The maximum atomic E-state index is 13.7. The number of hydrogen-bond acceptors (Lipinski definition) is 4. The van der Waals surface area contributed by atoms with Crippen molar-refractivity contribution < 1.29 is 14.7 Å². The number of rotatable bonds is 7. The number of urea groups is 1. The summed E-state index contributed by atoms with van der Waals surface area (Å²) in [6.45, 7) is 7.14. The van der Waals surface area contributed by atoms with Crippen molar-refractivity contribution in [1.82, 2.24) is 20.1 Å². The number of imide groups is 1. The number of phenols is 1. The van der Waals surface area contributed by atoms with Crippen molar-refractivity contribution in [3.8, 4) is 5.75 Å². The Morgan fingerprint density at radius 3 is 2.85 bits per heavy atom. The number of aromatic nitrogens is 1. The van der Waals surface area contributed by atoms with Gasteiger partial charge in [0.05, 0.1) is 0 Å². The van der Waals surface area contributed by atoms with Crippen molar-refractivity contribution in [2.45, 2.75) is 31.3 Å². The number of aromatic amines is 1. The number of hydrogen-bond donors (Lipinski definition) is 3. The number of phenolic OH excluding ortho intramolecular Hbond substituents is 1. The molecule has 5 rings (SSSR count). The Kier molecular flexibility index (Phi) is 5.73. The second kappa shape index (κ2) is 8.60. The zero-order valence-electron chi connectivity index (χ0n) is 19.0. The van der Waals surface area contributed by atoms with Gasteiger partial charge in [0.25, 0.3) is 5.91 Å². The molecule has 0 radical (unpaired) electrons. The van der Waals surface area contributed by atoms with E-state index in [0.717, 1.165) is 45.2 Å². The van der Waals surface area contributed by atoms with Crippen LogP contribution in [0.4, 0.5) is 4.79 Å². The molecule has 2 aliphatic heterocycles. The average Bonchev–Trinajstić information content (AvgIpc) is 3.24. The molecule has 8 heteroatoms. The summed E-state index contributed by atoms with van der Waals surface area (Å²) in [4.78, 5) is 34.0. The lowest BCUT2D eigenvalue weighted by atomic mass is 9.81. The summed E-state index contributed by atoms with van der Waals surface area (Å²) in [6.07, 6.45) is 3.07. The van der Waals surface area contributed by atoms with Gasteiger partial charge in [0.1, 0.15) is 17.3 Å². The van der Waals surface area contributed by atoms with Crippen LogP contribution in [0, 0.1) is 0 Å². The molecule has 1 aromatic heterocycles. The minimum absolute atomic E-state index is 0.117. The number of fused-ring (bicyclic) bond motifs is 4. The molecule has 0 bridgehead atoms. The molecule has 0 spiro atoms. The van der Waals surface area contributed by atoms with Crippen molar-refractivity contribution in [3.63, 3.8) is 0 Å². The molecular weight excluding hydrogens is 496 g/mol. The second-order valence-corrected chi connectivity index (χ2v) is 10.0. The summed E-state index contributed by atoms with van der Waals surface area (Å²) in [7, 11) is 0. The Morgan fingerprint density at radius 1 is 1.26 bits per heavy atom. The van der Waals surface area contributed by atoms with E-state index in [1.807, 2.05) is 37.3 Å². The molecule has 0 aliphatic carbocycles. The van der Waals surface area contributed by atoms with Crippen LogP contribution < -0.4 is 5.32 Å². The van der Waals surface area contributed by atoms with Gasteiger partial charge in [0, 0.05) is 40.6 Å². The Labute approximate surface area is 206 Å². The van der Waals surface area contributed by atoms with Crippen LogP contribution in [0.3, 0.4) is 0 Å². The minimum atomic E-state index is -1.03. The van der Waals surface area contributed by atoms with Gasteiger partial charge in [-0.05, 0) is 61.3 Å². The van der Waals surface area contributed by atoms with E-state index >= 15 is 0 Å². The lowest BCUT2D eigenvalue weighted by Gasteiger charge is -2.42. The van der Waals surface area contributed by atoms with Gasteiger partial charge in [0.2, 0.25) is 0 Å². The third kappa shape index (κ3) is 3.52.